The lowest BCUT2D eigenvalue weighted by Gasteiger charge is -2.36. The van der Waals surface area contributed by atoms with Crippen molar-refractivity contribution in [3.8, 4) is 0 Å². The first-order valence-electron chi connectivity index (χ1n) is 3.07. The van der Waals surface area contributed by atoms with Gasteiger partial charge in [0, 0.05) is 0 Å². The molecule has 0 heterocycles. The molecule has 11 heteroatoms. The molecule has 88 valence electrons. The van der Waals surface area contributed by atoms with Gasteiger partial charge in [-0.25, -0.2) is 0 Å². The average Bonchev–Trinajstić information content (AvgIpc) is 1.76. The van der Waals surface area contributed by atoms with Gasteiger partial charge in [0.2, 0.25) is 0 Å². The van der Waals surface area contributed by atoms with Crippen molar-refractivity contribution < 1.29 is 42.5 Å². The summed E-state index contributed by atoms with van der Waals surface area (Å²) >= 11 is -4.97. The molecule has 0 saturated carbocycles. The predicted octanol–water partition coefficient (Wildman–Crippen LogP) is 3.42. The second kappa shape index (κ2) is 3.82. The largest absolute Gasteiger partial charge is 0.658 e. The highest BCUT2D eigenvalue weighted by Crippen LogP contribution is 2.64. The third kappa shape index (κ3) is 2.27. The van der Waals surface area contributed by atoms with Crippen LogP contribution in [0.1, 0.15) is 0 Å². The van der Waals surface area contributed by atoms with E-state index >= 15 is 0 Å². The van der Waals surface area contributed by atoms with Crippen LogP contribution in [0.25, 0.3) is 0 Å². The number of hydrogen-bond donors (Lipinski definition) is 0. The fourth-order valence-corrected chi connectivity index (χ4v) is 1.16. The van der Waals surface area contributed by atoms with Crippen LogP contribution in [-0.2, 0) is 0 Å². The quantitative estimate of drug-likeness (QED) is 0.502. The summed E-state index contributed by atoms with van der Waals surface area (Å²) in [5, 5.41) is 0. The molecule has 0 amide bonds. The Kier molecular flexibility index (Phi) is 3.84. The van der Waals surface area contributed by atoms with E-state index < -0.39 is 43.0 Å². The SMILES string of the molecule is [F][Mg][C](C(F)(F)F)(C(F)(F)F)C(F)(F)F. The molecule has 0 atom stereocenters. The van der Waals surface area contributed by atoms with Gasteiger partial charge in [0.05, 0.1) is 0 Å². The van der Waals surface area contributed by atoms with Crippen molar-refractivity contribution >= 4 is 20.9 Å². The number of rotatable bonds is 1. The van der Waals surface area contributed by atoms with Gasteiger partial charge in [-0.05, 0) is 0 Å². The van der Waals surface area contributed by atoms with Crippen LogP contribution in [0.5, 0.6) is 0 Å². The zero-order chi connectivity index (χ0) is 12.7. The van der Waals surface area contributed by atoms with E-state index in [2.05, 4.69) is 0 Å². The lowest BCUT2D eigenvalue weighted by atomic mass is 10.1. The van der Waals surface area contributed by atoms with Crippen LogP contribution in [-0.4, -0.2) is 39.5 Å². The molecule has 0 aromatic carbocycles. The van der Waals surface area contributed by atoms with Gasteiger partial charge in [0.1, 0.15) is 0 Å². The van der Waals surface area contributed by atoms with Gasteiger partial charge in [-0.2, -0.15) is 39.5 Å². The number of alkyl halides is 9. The van der Waals surface area contributed by atoms with Gasteiger partial charge in [-0.15, -0.1) is 0 Å². The Labute approximate surface area is 86.1 Å². The summed E-state index contributed by atoms with van der Waals surface area (Å²) in [6, 6.07) is 0. The summed E-state index contributed by atoms with van der Waals surface area (Å²) < 4.78 is 111. The standard InChI is InChI=1S/C4F9.FH.Mg/c5-2(6,7)1(3(8,9)10)4(11,12)13;;/h;1H;/q;;+1/p-1. The molecule has 0 spiro atoms. The molecule has 0 aromatic rings. The first kappa shape index (κ1) is 15.1. The molecule has 0 aliphatic rings. The molecule has 0 nitrogen and oxygen atoms in total. The smallest absolute Gasteiger partial charge is 0.483 e. The van der Waals surface area contributed by atoms with Gasteiger partial charge >= 0.3 is 39.5 Å². The van der Waals surface area contributed by atoms with E-state index in [-0.39, 0.29) is 0 Å². The van der Waals surface area contributed by atoms with E-state index in [0.29, 0.717) is 0 Å². The second-order valence-electron chi connectivity index (χ2n) is 2.53. The van der Waals surface area contributed by atoms with Gasteiger partial charge < -0.3 is 2.96 Å². The van der Waals surface area contributed by atoms with Crippen LogP contribution >= 0.6 is 0 Å². The van der Waals surface area contributed by atoms with Gasteiger partial charge in [-0.3, -0.25) is 0 Å². The van der Waals surface area contributed by atoms with Crippen LogP contribution < -0.4 is 0 Å². The molecule has 0 fully saturated rings. The number of halogens is 10. The molecule has 0 aromatic heterocycles. The summed E-state index contributed by atoms with van der Waals surface area (Å²) in [6.07, 6.45) is -20.2. The topological polar surface area (TPSA) is 0 Å². The molecule has 0 aliphatic heterocycles. The first-order valence-corrected chi connectivity index (χ1v) is 4.31. The fraction of sp³-hybridized carbons (Fsp3) is 1.00. The summed E-state index contributed by atoms with van der Waals surface area (Å²) in [7, 11) is 0. The predicted molar refractivity (Wildman–Crippen MR) is 27.7 cm³/mol. The van der Waals surface area contributed by atoms with Crippen LogP contribution in [0.3, 0.4) is 0 Å². The molecule has 0 N–H and O–H groups in total. The van der Waals surface area contributed by atoms with Gasteiger partial charge in [-0.1, -0.05) is 0 Å². The van der Waals surface area contributed by atoms with E-state index in [0.717, 1.165) is 0 Å². The zero-order valence-corrected chi connectivity index (χ0v) is 7.90. The minimum Gasteiger partial charge on any atom is -0.483 e. The van der Waals surface area contributed by atoms with E-state index in [1.807, 2.05) is 0 Å². The van der Waals surface area contributed by atoms with Crippen molar-refractivity contribution in [1.29, 1.82) is 0 Å². The number of hydrogen-bond acceptors (Lipinski definition) is 0. The maximum Gasteiger partial charge on any atom is 0.658 e. The van der Waals surface area contributed by atoms with Crippen molar-refractivity contribution in [2.75, 3.05) is 0 Å². The molecule has 0 saturated heterocycles. The van der Waals surface area contributed by atoms with E-state index in [4.69, 9.17) is 0 Å². The maximum atomic E-state index is 11.8. The maximum absolute atomic E-state index is 11.8. The molecule has 0 rings (SSSR count). The fourth-order valence-electron chi connectivity index (χ4n) is 0.709. The minimum absolute atomic E-state index is 4.97. The highest BCUT2D eigenvalue weighted by atomic mass is 24.6. The summed E-state index contributed by atoms with van der Waals surface area (Å²) in [5.41, 5.74) is 0. The monoisotopic (exact) mass is 262 g/mol. The van der Waals surface area contributed by atoms with Gasteiger partial charge in [0.15, 0.2) is 3.54 Å². The van der Waals surface area contributed by atoms with Crippen molar-refractivity contribution in [2.24, 2.45) is 0 Å². The third-order valence-electron chi connectivity index (χ3n) is 1.65. The summed E-state index contributed by atoms with van der Waals surface area (Å²) in [5.74, 6) is 0. The molecule has 15 heavy (non-hydrogen) atoms. The molecule has 0 aliphatic carbocycles. The zero-order valence-electron chi connectivity index (χ0n) is 6.49. The average molecular weight is 262 g/mol. The Morgan fingerprint density at radius 2 is 0.733 bits per heavy atom. The summed E-state index contributed by atoms with van der Waals surface area (Å²) in [6.45, 7) is 0. The minimum atomic E-state index is -6.73. The molecule has 0 bridgehead atoms. The van der Waals surface area contributed by atoms with Crippen LogP contribution in [0.2, 0.25) is 3.54 Å². The Bertz CT molecular complexity index is 183. The Morgan fingerprint density at radius 3 is 0.733 bits per heavy atom. The third-order valence-corrected chi connectivity index (χ3v) is 3.26. The van der Waals surface area contributed by atoms with E-state index in [1.165, 1.54) is 0 Å². The van der Waals surface area contributed by atoms with Crippen molar-refractivity contribution in [3.05, 3.63) is 0 Å². The van der Waals surface area contributed by atoms with Crippen LogP contribution in [0.4, 0.5) is 42.5 Å². The Morgan fingerprint density at radius 1 is 0.533 bits per heavy atom. The normalized spacial score (nSPS) is 15.1. The molecule has 0 unspecified atom stereocenters. The summed E-state index contributed by atoms with van der Waals surface area (Å²) in [4.78, 5) is 0. The highest BCUT2D eigenvalue weighted by Gasteiger charge is 2.83. The lowest BCUT2D eigenvalue weighted by molar-refractivity contribution is -0.356. The van der Waals surface area contributed by atoms with Gasteiger partial charge in [0.25, 0.3) is 0 Å². The van der Waals surface area contributed by atoms with Crippen molar-refractivity contribution in [3.63, 3.8) is 0 Å². The highest BCUT2D eigenvalue weighted by molar-refractivity contribution is 6.33. The second-order valence-corrected chi connectivity index (χ2v) is 3.86. The molecular formula is C4F10Mg. The van der Waals surface area contributed by atoms with E-state index in [9.17, 15) is 42.5 Å². The first-order chi connectivity index (χ1) is 6.31. The molecular weight excluding hydrogens is 262 g/mol. The van der Waals surface area contributed by atoms with Crippen molar-refractivity contribution in [2.45, 2.75) is 22.1 Å². The van der Waals surface area contributed by atoms with E-state index in [1.54, 1.807) is 0 Å². The van der Waals surface area contributed by atoms with Crippen LogP contribution in [0, 0.1) is 0 Å². The van der Waals surface area contributed by atoms with Crippen LogP contribution in [0.15, 0.2) is 0 Å². The molecule has 0 radical (unpaired) electrons. The Balaban J connectivity index is 5.78. The lowest BCUT2D eigenvalue weighted by Crippen LogP contribution is -2.56. The van der Waals surface area contributed by atoms with Crippen molar-refractivity contribution in [1.82, 2.24) is 0 Å². The Hall–Kier alpha value is 0.0662.